The second-order valence-electron chi connectivity index (χ2n) is 4.98. The van der Waals surface area contributed by atoms with E-state index in [1.54, 1.807) is 12.1 Å². The largest absolute Gasteiger partial charge is 0.361 e. The van der Waals surface area contributed by atoms with Gasteiger partial charge in [0.2, 0.25) is 0 Å². The van der Waals surface area contributed by atoms with Crippen LogP contribution in [0.25, 0.3) is 0 Å². The summed E-state index contributed by atoms with van der Waals surface area (Å²) in [4.78, 5) is 14.3. The summed E-state index contributed by atoms with van der Waals surface area (Å²) in [6, 6.07) is 9.09. The fourth-order valence-corrected chi connectivity index (χ4v) is 2.51. The predicted octanol–water partition coefficient (Wildman–Crippen LogP) is 1.78. The number of thiocarbonyl (C=S) groups is 1. The summed E-state index contributed by atoms with van der Waals surface area (Å²) in [7, 11) is 0. The first-order valence-corrected chi connectivity index (χ1v) is 7.53. The molecule has 1 aromatic rings. The molecular formula is C15H21N3OS. The summed E-state index contributed by atoms with van der Waals surface area (Å²) in [5.74, 6) is -0.166. The van der Waals surface area contributed by atoms with Crippen LogP contribution in [0.15, 0.2) is 30.3 Å². The van der Waals surface area contributed by atoms with E-state index in [2.05, 4.69) is 15.5 Å². The summed E-state index contributed by atoms with van der Waals surface area (Å²) >= 11 is 5.14. The van der Waals surface area contributed by atoms with Crippen LogP contribution in [0.1, 0.15) is 29.6 Å². The third-order valence-corrected chi connectivity index (χ3v) is 3.67. The fourth-order valence-electron chi connectivity index (χ4n) is 2.32. The molecule has 1 fully saturated rings. The van der Waals surface area contributed by atoms with E-state index in [9.17, 15) is 4.79 Å². The van der Waals surface area contributed by atoms with E-state index < -0.39 is 0 Å². The molecule has 20 heavy (non-hydrogen) atoms. The molecule has 1 aliphatic rings. The lowest BCUT2D eigenvalue weighted by molar-refractivity contribution is 0.0976. The Hall–Kier alpha value is -1.46. The minimum atomic E-state index is -0.166. The van der Waals surface area contributed by atoms with Gasteiger partial charge in [-0.2, -0.15) is 0 Å². The van der Waals surface area contributed by atoms with Crippen LogP contribution in [-0.2, 0) is 0 Å². The Bertz CT molecular complexity index is 444. The van der Waals surface area contributed by atoms with Crippen LogP contribution in [0, 0.1) is 0 Å². The van der Waals surface area contributed by atoms with E-state index in [1.165, 1.54) is 32.4 Å². The van der Waals surface area contributed by atoms with E-state index >= 15 is 0 Å². The summed E-state index contributed by atoms with van der Waals surface area (Å²) in [5.41, 5.74) is 0.618. The maximum Gasteiger partial charge on any atom is 0.257 e. The molecule has 1 amide bonds. The third-order valence-electron chi connectivity index (χ3n) is 3.43. The number of carbonyl (C=O) groups is 1. The highest BCUT2D eigenvalue weighted by Gasteiger charge is 2.10. The molecule has 0 saturated carbocycles. The van der Waals surface area contributed by atoms with Gasteiger partial charge in [-0.05, 0) is 50.3 Å². The molecule has 1 saturated heterocycles. The molecule has 1 heterocycles. The van der Waals surface area contributed by atoms with Crippen molar-refractivity contribution >= 4 is 23.2 Å². The van der Waals surface area contributed by atoms with Crippen molar-refractivity contribution in [2.24, 2.45) is 0 Å². The van der Waals surface area contributed by atoms with Gasteiger partial charge in [0.25, 0.3) is 5.91 Å². The van der Waals surface area contributed by atoms with Crippen molar-refractivity contribution in [2.75, 3.05) is 26.2 Å². The molecule has 4 nitrogen and oxygen atoms in total. The van der Waals surface area contributed by atoms with Crippen LogP contribution >= 0.6 is 12.2 Å². The molecular weight excluding hydrogens is 270 g/mol. The van der Waals surface area contributed by atoms with Gasteiger partial charge in [0.05, 0.1) is 0 Å². The number of piperidine rings is 1. The Balaban J connectivity index is 1.66. The number of carbonyl (C=O) groups excluding carboxylic acids is 1. The molecule has 0 aromatic heterocycles. The van der Waals surface area contributed by atoms with Gasteiger partial charge in [0.15, 0.2) is 5.11 Å². The van der Waals surface area contributed by atoms with Gasteiger partial charge in [-0.1, -0.05) is 24.6 Å². The van der Waals surface area contributed by atoms with Crippen molar-refractivity contribution in [1.82, 2.24) is 15.5 Å². The molecule has 1 aromatic carbocycles. The number of hydrogen-bond donors (Lipinski definition) is 2. The number of rotatable bonds is 4. The fraction of sp³-hybridized carbons (Fsp3) is 0.467. The lowest BCUT2D eigenvalue weighted by atomic mass is 10.1. The van der Waals surface area contributed by atoms with Gasteiger partial charge in [0.1, 0.15) is 0 Å². The zero-order valence-electron chi connectivity index (χ0n) is 11.6. The van der Waals surface area contributed by atoms with E-state index in [1.807, 2.05) is 18.2 Å². The quantitative estimate of drug-likeness (QED) is 0.830. The molecule has 0 aliphatic carbocycles. The minimum Gasteiger partial charge on any atom is -0.361 e. The van der Waals surface area contributed by atoms with Gasteiger partial charge >= 0.3 is 0 Å². The molecule has 0 atom stereocenters. The molecule has 0 radical (unpaired) electrons. The number of benzene rings is 1. The second-order valence-corrected chi connectivity index (χ2v) is 5.39. The van der Waals surface area contributed by atoms with Crippen LogP contribution in [0.4, 0.5) is 0 Å². The maximum absolute atomic E-state index is 11.9. The summed E-state index contributed by atoms with van der Waals surface area (Å²) < 4.78 is 0. The van der Waals surface area contributed by atoms with Crippen molar-refractivity contribution in [3.63, 3.8) is 0 Å². The van der Waals surface area contributed by atoms with Crippen LogP contribution in [0.3, 0.4) is 0 Å². The van der Waals surface area contributed by atoms with E-state index in [-0.39, 0.29) is 5.91 Å². The predicted molar refractivity (Wildman–Crippen MR) is 84.8 cm³/mol. The monoisotopic (exact) mass is 291 g/mol. The van der Waals surface area contributed by atoms with Crippen LogP contribution < -0.4 is 10.6 Å². The number of likely N-dealkylation sites (tertiary alicyclic amines) is 1. The normalized spacial score (nSPS) is 15.6. The zero-order valence-corrected chi connectivity index (χ0v) is 12.4. The summed E-state index contributed by atoms with van der Waals surface area (Å²) in [6.07, 6.45) is 3.92. The lowest BCUT2D eigenvalue weighted by Gasteiger charge is -2.26. The third kappa shape index (κ3) is 4.90. The molecule has 0 bridgehead atoms. The Labute approximate surface area is 125 Å². The highest BCUT2D eigenvalue weighted by atomic mass is 32.1. The molecule has 0 spiro atoms. The minimum absolute atomic E-state index is 0.166. The zero-order chi connectivity index (χ0) is 14.2. The average Bonchev–Trinajstić information content (AvgIpc) is 2.49. The van der Waals surface area contributed by atoms with Crippen LogP contribution in [-0.4, -0.2) is 42.1 Å². The molecule has 1 aliphatic heterocycles. The van der Waals surface area contributed by atoms with Crippen molar-refractivity contribution in [2.45, 2.75) is 19.3 Å². The van der Waals surface area contributed by atoms with Gasteiger partial charge in [0, 0.05) is 18.7 Å². The second kappa shape index (κ2) is 7.97. The van der Waals surface area contributed by atoms with E-state index in [0.29, 0.717) is 10.7 Å². The summed E-state index contributed by atoms with van der Waals surface area (Å²) in [6.45, 7) is 4.09. The van der Waals surface area contributed by atoms with E-state index in [4.69, 9.17) is 12.2 Å². The van der Waals surface area contributed by atoms with Crippen molar-refractivity contribution in [1.29, 1.82) is 0 Å². The van der Waals surface area contributed by atoms with Crippen LogP contribution in [0.2, 0.25) is 0 Å². The van der Waals surface area contributed by atoms with Gasteiger partial charge in [-0.3, -0.25) is 10.1 Å². The first-order valence-electron chi connectivity index (χ1n) is 7.12. The Morgan fingerprint density at radius 2 is 1.85 bits per heavy atom. The Morgan fingerprint density at radius 3 is 2.55 bits per heavy atom. The summed E-state index contributed by atoms with van der Waals surface area (Å²) in [5, 5.41) is 6.18. The van der Waals surface area contributed by atoms with Crippen molar-refractivity contribution in [3.8, 4) is 0 Å². The molecule has 2 N–H and O–H groups in total. The maximum atomic E-state index is 11.9. The van der Waals surface area contributed by atoms with Gasteiger partial charge < -0.3 is 10.2 Å². The van der Waals surface area contributed by atoms with Crippen molar-refractivity contribution < 1.29 is 4.79 Å². The van der Waals surface area contributed by atoms with E-state index in [0.717, 1.165) is 13.1 Å². The Kier molecular flexibility index (Phi) is 5.95. The number of hydrogen-bond acceptors (Lipinski definition) is 3. The standard InChI is InChI=1S/C15H21N3OS/c19-14(13-7-3-1-4-8-13)17-15(20)16-9-12-18-10-5-2-6-11-18/h1,3-4,7-8H,2,5-6,9-12H2,(H2,16,17,19,20). The van der Waals surface area contributed by atoms with Crippen LogP contribution in [0.5, 0.6) is 0 Å². The first-order chi connectivity index (χ1) is 9.75. The average molecular weight is 291 g/mol. The number of nitrogens with zero attached hydrogens (tertiary/aromatic N) is 1. The lowest BCUT2D eigenvalue weighted by Crippen LogP contribution is -2.43. The first kappa shape index (κ1) is 14.9. The smallest absolute Gasteiger partial charge is 0.257 e. The molecule has 108 valence electrons. The number of nitrogens with one attached hydrogen (secondary N) is 2. The molecule has 0 unspecified atom stereocenters. The Morgan fingerprint density at radius 1 is 1.15 bits per heavy atom. The highest BCUT2D eigenvalue weighted by molar-refractivity contribution is 7.80. The van der Waals surface area contributed by atoms with Crippen molar-refractivity contribution in [3.05, 3.63) is 35.9 Å². The molecule has 2 rings (SSSR count). The van der Waals surface area contributed by atoms with Gasteiger partial charge in [-0.25, -0.2) is 0 Å². The topological polar surface area (TPSA) is 44.4 Å². The van der Waals surface area contributed by atoms with Gasteiger partial charge in [-0.15, -0.1) is 0 Å². The highest BCUT2D eigenvalue weighted by Crippen LogP contribution is 2.07. The SMILES string of the molecule is O=C(NC(=S)NCCN1CCCCC1)c1ccccc1. The number of amides is 1. The molecule has 5 heteroatoms.